The second-order valence-electron chi connectivity index (χ2n) is 3.42. The summed E-state index contributed by atoms with van der Waals surface area (Å²) in [4.78, 5) is 10.8. The smallest absolute Gasteiger partial charge is 0.193 e. The maximum Gasteiger partial charge on any atom is 0.193 e. The minimum atomic E-state index is 0.125. The first-order valence-electron chi connectivity index (χ1n) is 5.19. The van der Waals surface area contributed by atoms with Gasteiger partial charge in [0, 0.05) is 5.56 Å². The summed E-state index contributed by atoms with van der Waals surface area (Å²) >= 11 is 0. The van der Waals surface area contributed by atoms with Crippen LogP contribution in [-0.4, -0.2) is 13.5 Å². The van der Waals surface area contributed by atoms with E-state index in [0.717, 1.165) is 5.56 Å². The molecule has 0 bridgehead atoms. The van der Waals surface area contributed by atoms with Crippen LogP contribution in [0.3, 0.4) is 0 Å². The van der Waals surface area contributed by atoms with E-state index in [9.17, 15) is 4.79 Å². The van der Waals surface area contributed by atoms with E-state index in [0.29, 0.717) is 0 Å². The Labute approximate surface area is 87.9 Å². The van der Waals surface area contributed by atoms with E-state index in [4.69, 9.17) is 0 Å². The SMILES string of the molecule is BC(=O)c1ccc(C)cc1.CCCC. The van der Waals surface area contributed by atoms with Crippen LogP contribution < -0.4 is 0 Å². The maximum atomic E-state index is 10.8. The van der Waals surface area contributed by atoms with Crippen LogP contribution in [0, 0.1) is 6.92 Å². The predicted molar refractivity (Wildman–Crippen MR) is 64.6 cm³/mol. The number of carbonyl (C=O) groups excluding carboxylic acids is 1. The number of aryl methyl sites for hydroxylation is 1. The largest absolute Gasteiger partial charge is 0.307 e. The Morgan fingerprint density at radius 3 is 1.86 bits per heavy atom. The molecule has 1 aromatic carbocycles. The molecule has 0 amide bonds. The van der Waals surface area contributed by atoms with Gasteiger partial charge in [-0.2, -0.15) is 0 Å². The summed E-state index contributed by atoms with van der Waals surface area (Å²) in [6.45, 7) is 6.36. The molecule has 0 aliphatic carbocycles. The highest BCUT2D eigenvalue weighted by molar-refractivity contribution is 6.62. The summed E-state index contributed by atoms with van der Waals surface area (Å²) in [7, 11) is 1.57. The van der Waals surface area contributed by atoms with Gasteiger partial charge in [0.05, 0.1) is 0 Å². The van der Waals surface area contributed by atoms with E-state index >= 15 is 0 Å². The lowest BCUT2D eigenvalue weighted by Gasteiger charge is -1.94. The highest BCUT2D eigenvalue weighted by atomic mass is 16.1. The fraction of sp³-hybridized carbons (Fsp3) is 0.417. The average molecular weight is 190 g/mol. The van der Waals surface area contributed by atoms with Gasteiger partial charge in [-0.3, -0.25) is 0 Å². The summed E-state index contributed by atoms with van der Waals surface area (Å²) in [6.07, 6.45) is 2.64. The molecule has 0 radical (unpaired) electrons. The topological polar surface area (TPSA) is 17.1 Å². The molecule has 0 aliphatic heterocycles. The van der Waals surface area contributed by atoms with Crippen LogP contribution in [0.4, 0.5) is 0 Å². The summed E-state index contributed by atoms with van der Waals surface area (Å²) in [5, 5.41) is 0. The van der Waals surface area contributed by atoms with Crippen molar-refractivity contribution in [3.05, 3.63) is 35.4 Å². The molecule has 0 saturated carbocycles. The van der Waals surface area contributed by atoms with E-state index in [1.54, 1.807) is 7.85 Å². The van der Waals surface area contributed by atoms with Crippen molar-refractivity contribution in [2.75, 3.05) is 0 Å². The lowest BCUT2D eigenvalue weighted by molar-refractivity contribution is 0.108. The van der Waals surface area contributed by atoms with Crippen LogP contribution in [0.15, 0.2) is 24.3 Å². The minimum Gasteiger partial charge on any atom is -0.307 e. The van der Waals surface area contributed by atoms with Crippen molar-refractivity contribution in [2.45, 2.75) is 33.6 Å². The molecule has 0 N–H and O–H groups in total. The molecule has 0 unspecified atom stereocenters. The lowest BCUT2D eigenvalue weighted by Crippen LogP contribution is -1.95. The Hall–Kier alpha value is -1.05. The number of benzene rings is 1. The second-order valence-corrected chi connectivity index (χ2v) is 3.42. The minimum absolute atomic E-state index is 0.125. The zero-order valence-electron chi connectivity index (χ0n) is 9.63. The van der Waals surface area contributed by atoms with Crippen molar-refractivity contribution in [3.8, 4) is 0 Å². The van der Waals surface area contributed by atoms with E-state index in [1.165, 1.54) is 18.4 Å². The molecule has 0 heterocycles. The van der Waals surface area contributed by atoms with Gasteiger partial charge in [0.2, 0.25) is 0 Å². The van der Waals surface area contributed by atoms with Gasteiger partial charge in [-0.25, -0.2) is 0 Å². The third-order valence-corrected chi connectivity index (χ3v) is 1.96. The number of unbranched alkanes of at least 4 members (excludes halogenated alkanes) is 1. The first kappa shape index (κ1) is 13.0. The van der Waals surface area contributed by atoms with Gasteiger partial charge in [-0.15, -0.1) is 0 Å². The Kier molecular flexibility index (Phi) is 6.82. The van der Waals surface area contributed by atoms with Crippen molar-refractivity contribution >= 4 is 13.5 Å². The number of carbonyl (C=O) groups is 1. The Bertz CT molecular complexity index is 262. The Balaban J connectivity index is 0.000000364. The van der Waals surface area contributed by atoms with Gasteiger partial charge in [-0.1, -0.05) is 56.5 Å². The second kappa shape index (κ2) is 7.37. The Morgan fingerprint density at radius 1 is 1.14 bits per heavy atom. The van der Waals surface area contributed by atoms with Gasteiger partial charge in [-0.05, 0) is 6.92 Å². The fourth-order valence-corrected chi connectivity index (χ4v) is 0.788. The van der Waals surface area contributed by atoms with Gasteiger partial charge in [0.25, 0.3) is 0 Å². The van der Waals surface area contributed by atoms with Gasteiger partial charge in [0.1, 0.15) is 5.68 Å². The Morgan fingerprint density at radius 2 is 1.57 bits per heavy atom. The molecule has 0 aliphatic rings. The zero-order valence-corrected chi connectivity index (χ0v) is 9.63. The molecule has 14 heavy (non-hydrogen) atoms. The molecule has 0 fully saturated rings. The van der Waals surface area contributed by atoms with Crippen LogP contribution >= 0.6 is 0 Å². The first-order valence-corrected chi connectivity index (χ1v) is 5.19. The molecule has 0 aromatic heterocycles. The molecule has 2 heteroatoms. The van der Waals surface area contributed by atoms with Crippen molar-refractivity contribution in [3.63, 3.8) is 0 Å². The molecule has 1 nitrogen and oxygen atoms in total. The maximum absolute atomic E-state index is 10.8. The molecule has 1 aromatic rings. The summed E-state index contributed by atoms with van der Waals surface area (Å²) in [5.74, 6) is 0. The summed E-state index contributed by atoms with van der Waals surface area (Å²) < 4.78 is 0. The van der Waals surface area contributed by atoms with Gasteiger partial charge >= 0.3 is 0 Å². The highest BCUT2D eigenvalue weighted by Gasteiger charge is 1.94. The monoisotopic (exact) mass is 190 g/mol. The number of hydrogen-bond donors (Lipinski definition) is 0. The zero-order chi connectivity index (χ0) is 11.0. The van der Waals surface area contributed by atoms with Crippen molar-refractivity contribution in [1.29, 1.82) is 0 Å². The molecular weight excluding hydrogens is 171 g/mol. The molecular formula is C12H19BO. The fourth-order valence-electron chi connectivity index (χ4n) is 0.788. The predicted octanol–water partition coefficient (Wildman–Crippen LogP) is 2.57. The van der Waals surface area contributed by atoms with Crippen LogP contribution in [0.5, 0.6) is 0 Å². The first-order chi connectivity index (χ1) is 6.61. The quantitative estimate of drug-likeness (QED) is 0.655. The normalized spacial score (nSPS) is 8.79. The molecule has 76 valence electrons. The third-order valence-electron chi connectivity index (χ3n) is 1.96. The third kappa shape index (κ3) is 5.57. The average Bonchev–Trinajstić information content (AvgIpc) is 2.19. The molecule has 0 spiro atoms. The van der Waals surface area contributed by atoms with E-state index in [1.807, 2.05) is 31.2 Å². The highest BCUT2D eigenvalue weighted by Crippen LogP contribution is 2.01. The lowest BCUT2D eigenvalue weighted by atomic mass is 9.94. The van der Waals surface area contributed by atoms with E-state index in [2.05, 4.69) is 13.8 Å². The van der Waals surface area contributed by atoms with Gasteiger partial charge < -0.3 is 4.79 Å². The van der Waals surface area contributed by atoms with Crippen LogP contribution in [-0.2, 0) is 0 Å². The van der Waals surface area contributed by atoms with Crippen molar-refractivity contribution < 1.29 is 4.79 Å². The van der Waals surface area contributed by atoms with Crippen LogP contribution in [0.1, 0.15) is 42.6 Å². The molecule has 0 saturated heterocycles. The number of rotatable bonds is 2. The van der Waals surface area contributed by atoms with Crippen molar-refractivity contribution in [2.24, 2.45) is 0 Å². The van der Waals surface area contributed by atoms with E-state index in [-0.39, 0.29) is 5.68 Å². The van der Waals surface area contributed by atoms with Gasteiger partial charge in [0.15, 0.2) is 7.85 Å². The summed E-state index contributed by atoms with van der Waals surface area (Å²) in [6, 6.07) is 7.57. The van der Waals surface area contributed by atoms with Crippen molar-refractivity contribution in [1.82, 2.24) is 0 Å². The molecule has 1 rings (SSSR count). The number of hydrogen-bond acceptors (Lipinski definition) is 1. The van der Waals surface area contributed by atoms with E-state index < -0.39 is 0 Å². The standard InChI is InChI=1S/C8H9BO.C4H10/c1-6-2-4-7(5-3-6)8(9)10;1-3-4-2/h2-5H,9H2,1H3;3-4H2,1-2H3. The van der Waals surface area contributed by atoms with Crippen LogP contribution in [0.2, 0.25) is 0 Å². The summed E-state index contributed by atoms with van der Waals surface area (Å²) in [5.41, 5.74) is 2.09. The van der Waals surface area contributed by atoms with Crippen LogP contribution in [0.25, 0.3) is 0 Å². The molecule has 0 atom stereocenters.